The predicted molar refractivity (Wildman–Crippen MR) is 76.2 cm³/mol. The minimum absolute atomic E-state index is 1.11. The lowest BCUT2D eigenvalue weighted by Gasteiger charge is -2.37. The van der Waals surface area contributed by atoms with Crippen molar-refractivity contribution >= 4 is 5.69 Å². The molecular formula is C15H23N3. The monoisotopic (exact) mass is 245 g/mol. The van der Waals surface area contributed by atoms with Gasteiger partial charge in [-0.1, -0.05) is 12.1 Å². The molecule has 98 valence electrons. The average molecular weight is 245 g/mol. The molecule has 2 heterocycles. The first-order valence-electron chi connectivity index (χ1n) is 6.97. The maximum Gasteiger partial charge on any atom is 0.0403 e. The molecule has 0 unspecified atom stereocenters. The van der Waals surface area contributed by atoms with Gasteiger partial charge in [0.15, 0.2) is 0 Å². The second-order valence-electron chi connectivity index (χ2n) is 5.69. The molecule has 3 heteroatoms. The molecule has 3 nitrogen and oxygen atoms in total. The summed E-state index contributed by atoms with van der Waals surface area (Å²) in [4.78, 5) is 7.40. The van der Waals surface area contributed by atoms with Gasteiger partial charge in [0, 0.05) is 45.0 Å². The smallest absolute Gasteiger partial charge is 0.0403 e. The van der Waals surface area contributed by atoms with E-state index in [9.17, 15) is 0 Å². The first-order chi connectivity index (χ1) is 8.74. The van der Waals surface area contributed by atoms with Gasteiger partial charge in [0.05, 0.1) is 0 Å². The number of hydrogen-bond acceptors (Lipinski definition) is 3. The SMILES string of the molecule is CN1CCN(c2cccc3c2CCN(C)C3)CC1. The number of likely N-dealkylation sites (N-methyl/N-ethyl adjacent to an activating group) is 2. The maximum atomic E-state index is 2.57. The molecule has 1 saturated heterocycles. The molecule has 18 heavy (non-hydrogen) atoms. The van der Waals surface area contributed by atoms with Crippen LogP contribution in [0.5, 0.6) is 0 Å². The van der Waals surface area contributed by atoms with Crippen LogP contribution in [0.15, 0.2) is 18.2 Å². The van der Waals surface area contributed by atoms with Crippen LogP contribution in [-0.4, -0.2) is 56.6 Å². The number of benzene rings is 1. The third kappa shape index (κ3) is 2.25. The number of rotatable bonds is 1. The fourth-order valence-electron chi connectivity index (χ4n) is 3.07. The fraction of sp³-hybridized carbons (Fsp3) is 0.600. The van der Waals surface area contributed by atoms with Crippen molar-refractivity contribution < 1.29 is 0 Å². The van der Waals surface area contributed by atoms with Gasteiger partial charge in [0.1, 0.15) is 0 Å². The summed E-state index contributed by atoms with van der Waals surface area (Å²) in [6, 6.07) is 6.84. The Morgan fingerprint density at radius 3 is 2.44 bits per heavy atom. The highest BCUT2D eigenvalue weighted by atomic mass is 15.2. The molecule has 0 bridgehead atoms. The number of piperazine rings is 1. The normalized spacial score (nSPS) is 22.0. The highest BCUT2D eigenvalue weighted by Gasteiger charge is 2.21. The van der Waals surface area contributed by atoms with E-state index >= 15 is 0 Å². The molecule has 0 amide bonds. The van der Waals surface area contributed by atoms with E-state index in [1.54, 1.807) is 5.56 Å². The third-order valence-corrected chi connectivity index (χ3v) is 4.28. The van der Waals surface area contributed by atoms with Crippen LogP contribution in [0.25, 0.3) is 0 Å². The van der Waals surface area contributed by atoms with Crippen LogP contribution in [0.3, 0.4) is 0 Å². The molecule has 0 atom stereocenters. The minimum Gasteiger partial charge on any atom is -0.369 e. The largest absolute Gasteiger partial charge is 0.369 e. The van der Waals surface area contributed by atoms with Crippen molar-refractivity contribution in [3.8, 4) is 0 Å². The zero-order chi connectivity index (χ0) is 12.5. The van der Waals surface area contributed by atoms with Crippen LogP contribution in [-0.2, 0) is 13.0 Å². The van der Waals surface area contributed by atoms with Crippen molar-refractivity contribution in [1.82, 2.24) is 9.80 Å². The van der Waals surface area contributed by atoms with E-state index in [2.05, 4.69) is 47.0 Å². The Kier molecular flexibility index (Phi) is 3.27. The van der Waals surface area contributed by atoms with Gasteiger partial charge in [-0.15, -0.1) is 0 Å². The third-order valence-electron chi connectivity index (χ3n) is 4.28. The van der Waals surface area contributed by atoms with Crippen molar-refractivity contribution in [2.24, 2.45) is 0 Å². The van der Waals surface area contributed by atoms with Gasteiger partial charge in [0.25, 0.3) is 0 Å². The van der Waals surface area contributed by atoms with Gasteiger partial charge in [-0.25, -0.2) is 0 Å². The second kappa shape index (κ2) is 4.90. The predicted octanol–water partition coefficient (Wildman–Crippen LogP) is 1.43. The fourth-order valence-corrected chi connectivity index (χ4v) is 3.07. The highest BCUT2D eigenvalue weighted by Crippen LogP contribution is 2.29. The number of nitrogens with zero attached hydrogens (tertiary/aromatic N) is 3. The second-order valence-corrected chi connectivity index (χ2v) is 5.69. The maximum absolute atomic E-state index is 2.57. The van der Waals surface area contributed by atoms with Gasteiger partial charge >= 0.3 is 0 Å². The van der Waals surface area contributed by atoms with Crippen molar-refractivity contribution in [3.63, 3.8) is 0 Å². The van der Waals surface area contributed by atoms with Gasteiger partial charge in [-0.05, 0) is 37.7 Å². The van der Waals surface area contributed by atoms with Gasteiger partial charge in [0.2, 0.25) is 0 Å². The number of anilines is 1. The van der Waals surface area contributed by atoms with Gasteiger partial charge in [-0.2, -0.15) is 0 Å². The lowest BCUT2D eigenvalue weighted by atomic mass is 9.97. The Morgan fingerprint density at radius 1 is 0.889 bits per heavy atom. The summed E-state index contributed by atoms with van der Waals surface area (Å²) >= 11 is 0. The van der Waals surface area contributed by atoms with Crippen LogP contribution in [0.1, 0.15) is 11.1 Å². The molecule has 0 N–H and O–H groups in total. The summed E-state index contributed by atoms with van der Waals surface area (Å²) in [5.74, 6) is 0. The van der Waals surface area contributed by atoms with Gasteiger partial charge in [-0.3, -0.25) is 0 Å². The van der Waals surface area contributed by atoms with Crippen molar-refractivity contribution in [1.29, 1.82) is 0 Å². The van der Waals surface area contributed by atoms with E-state index < -0.39 is 0 Å². The summed E-state index contributed by atoms with van der Waals surface area (Å²) < 4.78 is 0. The van der Waals surface area contributed by atoms with Gasteiger partial charge < -0.3 is 14.7 Å². The zero-order valence-corrected chi connectivity index (χ0v) is 11.5. The first-order valence-corrected chi connectivity index (χ1v) is 6.97. The Labute approximate surface area is 110 Å². The molecule has 0 aliphatic carbocycles. The Morgan fingerprint density at radius 2 is 1.67 bits per heavy atom. The Balaban J connectivity index is 1.86. The summed E-state index contributed by atoms with van der Waals surface area (Å²) in [6.07, 6.45) is 1.20. The molecule has 0 saturated carbocycles. The van der Waals surface area contributed by atoms with Crippen LogP contribution in [0.2, 0.25) is 0 Å². The van der Waals surface area contributed by atoms with E-state index in [0.29, 0.717) is 0 Å². The van der Waals surface area contributed by atoms with Crippen LogP contribution in [0, 0.1) is 0 Å². The Hall–Kier alpha value is -1.06. The van der Waals surface area contributed by atoms with E-state index in [4.69, 9.17) is 0 Å². The standard InChI is InChI=1S/C15H23N3/c1-16-8-10-18(11-9-16)15-5-3-4-13-12-17(2)7-6-14(13)15/h3-5H,6-12H2,1-2H3. The molecule has 1 aromatic rings. The lowest BCUT2D eigenvalue weighted by Crippen LogP contribution is -2.45. The van der Waals surface area contributed by atoms with Crippen molar-refractivity contribution in [2.45, 2.75) is 13.0 Å². The van der Waals surface area contributed by atoms with Crippen molar-refractivity contribution in [3.05, 3.63) is 29.3 Å². The molecule has 2 aliphatic heterocycles. The molecule has 3 rings (SSSR count). The molecule has 0 radical (unpaired) electrons. The molecular weight excluding hydrogens is 222 g/mol. The topological polar surface area (TPSA) is 9.72 Å². The summed E-state index contributed by atoms with van der Waals surface area (Å²) in [5.41, 5.74) is 4.62. The van der Waals surface area contributed by atoms with Crippen LogP contribution < -0.4 is 4.90 Å². The molecule has 1 aromatic carbocycles. The van der Waals surface area contributed by atoms with E-state index in [1.165, 1.54) is 50.4 Å². The quantitative estimate of drug-likeness (QED) is 0.741. The summed E-state index contributed by atoms with van der Waals surface area (Å²) in [7, 11) is 4.43. The summed E-state index contributed by atoms with van der Waals surface area (Å²) in [5, 5.41) is 0. The van der Waals surface area contributed by atoms with E-state index in [0.717, 1.165) is 6.54 Å². The zero-order valence-electron chi connectivity index (χ0n) is 11.5. The first kappa shape index (κ1) is 12.0. The highest BCUT2D eigenvalue weighted by molar-refractivity contribution is 5.58. The van der Waals surface area contributed by atoms with E-state index in [1.807, 2.05) is 0 Å². The van der Waals surface area contributed by atoms with Crippen molar-refractivity contribution in [2.75, 3.05) is 51.7 Å². The molecule has 2 aliphatic rings. The average Bonchev–Trinajstić information content (AvgIpc) is 2.38. The minimum atomic E-state index is 1.11. The van der Waals surface area contributed by atoms with Crippen LogP contribution >= 0.6 is 0 Å². The molecule has 0 aromatic heterocycles. The lowest BCUT2D eigenvalue weighted by molar-refractivity contribution is 0.306. The Bertz CT molecular complexity index is 422. The number of hydrogen-bond donors (Lipinski definition) is 0. The molecule has 1 fully saturated rings. The van der Waals surface area contributed by atoms with E-state index in [-0.39, 0.29) is 0 Å². The molecule has 0 spiro atoms. The van der Waals surface area contributed by atoms with Crippen LogP contribution in [0.4, 0.5) is 5.69 Å². The number of fused-ring (bicyclic) bond motifs is 1. The summed E-state index contributed by atoms with van der Waals surface area (Å²) in [6.45, 7) is 7.01.